The molecule has 0 unspecified atom stereocenters. The van der Waals surface area contributed by atoms with Crippen molar-refractivity contribution in [2.24, 2.45) is 0 Å². The second-order valence-corrected chi connectivity index (χ2v) is 8.48. The lowest BCUT2D eigenvalue weighted by atomic mass is 10.1. The van der Waals surface area contributed by atoms with Crippen LogP contribution in [0.25, 0.3) is 10.9 Å². The highest BCUT2D eigenvalue weighted by Crippen LogP contribution is 2.40. The van der Waals surface area contributed by atoms with Gasteiger partial charge in [0.2, 0.25) is 0 Å². The quantitative estimate of drug-likeness (QED) is 0.228. The Bertz CT molecular complexity index is 1420. The first-order chi connectivity index (χ1) is 16.1. The number of carbonyl (C=O) groups is 2. The molecule has 0 saturated carbocycles. The van der Waals surface area contributed by atoms with Gasteiger partial charge in [-0.3, -0.25) is 9.59 Å². The number of nitrogens with zero attached hydrogens (tertiary/aromatic N) is 2. The van der Waals surface area contributed by atoms with Crippen molar-refractivity contribution in [2.45, 2.75) is 12.7 Å². The summed E-state index contributed by atoms with van der Waals surface area (Å²) in [7, 11) is 0. The molecule has 11 heteroatoms. The Hall–Kier alpha value is -3.07. The number of alkyl halides is 3. The number of hydrogen-bond acceptors (Lipinski definition) is 3. The molecule has 0 radical (unpaired) electrons. The Labute approximate surface area is 206 Å². The van der Waals surface area contributed by atoms with E-state index < -0.39 is 29.1 Å². The molecule has 0 fully saturated rings. The molecule has 0 aliphatic heterocycles. The highest BCUT2D eigenvalue weighted by Gasteiger charge is 2.42. The monoisotopic (exact) mass is 525 g/mol. The van der Waals surface area contributed by atoms with Crippen LogP contribution in [0.4, 0.5) is 19.0 Å². The highest BCUT2D eigenvalue weighted by molar-refractivity contribution is 6.49. The maximum atomic E-state index is 14.4. The Morgan fingerprint density at radius 3 is 2.32 bits per heavy atom. The number of fused-ring (bicyclic) bond motifs is 1. The number of rotatable bonds is 5. The van der Waals surface area contributed by atoms with Gasteiger partial charge in [0.15, 0.2) is 0 Å². The Morgan fingerprint density at radius 2 is 1.68 bits per heavy atom. The maximum absolute atomic E-state index is 14.4. The largest absolute Gasteiger partial charge is 0.432 e. The molecule has 0 saturated heterocycles. The summed E-state index contributed by atoms with van der Waals surface area (Å²) in [6, 6.07) is 12.9. The molecule has 2 heterocycles. The predicted molar refractivity (Wildman–Crippen MR) is 125 cm³/mol. The molecule has 5 nitrogen and oxygen atoms in total. The fourth-order valence-corrected chi connectivity index (χ4v) is 4.20. The van der Waals surface area contributed by atoms with Crippen molar-refractivity contribution >= 4 is 63.2 Å². The van der Waals surface area contributed by atoms with Gasteiger partial charge < -0.3 is 9.88 Å². The molecule has 174 valence electrons. The maximum Gasteiger partial charge on any atom is 0.432 e. The van der Waals surface area contributed by atoms with Crippen LogP contribution in [0, 0.1) is 0 Å². The Kier molecular flexibility index (Phi) is 6.58. The fourth-order valence-electron chi connectivity index (χ4n) is 3.56. The average molecular weight is 527 g/mol. The molecular formula is C23H13Cl3F3N3O2. The van der Waals surface area contributed by atoms with Crippen LogP contribution in [0.3, 0.4) is 0 Å². The fraction of sp³-hybridized carbons (Fsp3) is 0.0870. The zero-order valence-electron chi connectivity index (χ0n) is 17.0. The summed E-state index contributed by atoms with van der Waals surface area (Å²) < 4.78 is 44.0. The van der Waals surface area contributed by atoms with E-state index in [1.54, 1.807) is 12.1 Å². The molecule has 0 spiro atoms. The number of ketones is 1. The minimum absolute atomic E-state index is 0.0177. The van der Waals surface area contributed by atoms with Gasteiger partial charge >= 0.3 is 6.18 Å². The summed E-state index contributed by atoms with van der Waals surface area (Å²) in [5, 5.41) is 2.67. The van der Waals surface area contributed by atoms with Crippen LogP contribution in [0.15, 0.2) is 60.8 Å². The van der Waals surface area contributed by atoms with Gasteiger partial charge in [-0.15, -0.1) is 0 Å². The normalized spacial score (nSPS) is 11.6. The van der Waals surface area contributed by atoms with Gasteiger partial charge in [0.1, 0.15) is 11.5 Å². The van der Waals surface area contributed by atoms with Crippen molar-refractivity contribution < 1.29 is 22.8 Å². The smallest absolute Gasteiger partial charge is 0.332 e. The molecule has 1 N–H and O–H groups in total. The van der Waals surface area contributed by atoms with Gasteiger partial charge in [-0.1, -0.05) is 46.9 Å². The average Bonchev–Trinajstić information content (AvgIpc) is 3.09. The van der Waals surface area contributed by atoms with Crippen LogP contribution in [0.1, 0.15) is 21.6 Å². The van der Waals surface area contributed by atoms with Gasteiger partial charge in [-0.2, -0.15) is 13.2 Å². The number of hydrogen-bond donors (Lipinski definition) is 1. The number of halogens is 6. The number of anilines is 1. The third-order valence-corrected chi connectivity index (χ3v) is 5.80. The van der Waals surface area contributed by atoms with Gasteiger partial charge in [0.25, 0.3) is 11.7 Å². The number of amides is 1. The lowest BCUT2D eigenvalue weighted by Gasteiger charge is -2.15. The predicted octanol–water partition coefficient (Wildman–Crippen LogP) is 6.89. The van der Waals surface area contributed by atoms with Crippen LogP contribution in [-0.2, 0) is 17.5 Å². The second-order valence-electron chi connectivity index (χ2n) is 7.20. The molecule has 0 aliphatic rings. The zero-order chi connectivity index (χ0) is 24.6. The first-order valence-electron chi connectivity index (χ1n) is 9.66. The van der Waals surface area contributed by atoms with Crippen molar-refractivity contribution in [1.29, 1.82) is 0 Å². The second kappa shape index (κ2) is 9.29. The van der Waals surface area contributed by atoms with Crippen molar-refractivity contribution in [2.75, 3.05) is 5.32 Å². The number of benzene rings is 2. The van der Waals surface area contributed by atoms with E-state index in [2.05, 4.69) is 10.3 Å². The zero-order valence-corrected chi connectivity index (χ0v) is 19.2. The van der Waals surface area contributed by atoms with E-state index in [4.69, 9.17) is 34.8 Å². The van der Waals surface area contributed by atoms with Crippen molar-refractivity contribution in [3.63, 3.8) is 0 Å². The van der Waals surface area contributed by atoms with E-state index >= 15 is 0 Å². The summed E-state index contributed by atoms with van der Waals surface area (Å²) in [5.74, 6) is -2.64. The molecule has 0 atom stereocenters. The Balaban J connectivity index is 1.91. The number of pyridine rings is 1. The summed E-state index contributed by atoms with van der Waals surface area (Å²) in [4.78, 5) is 29.6. The van der Waals surface area contributed by atoms with Crippen molar-refractivity contribution in [1.82, 2.24) is 9.55 Å². The van der Waals surface area contributed by atoms with E-state index in [0.29, 0.717) is 10.6 Å². The van der Waals surface area contributed by atoms with Crippen LogP contribution in [-0.4, -0.2) is 21.2 Å². The van der Waals surface area contributed by atoms with E-state index in [9.17, 15) is 22.8 Å². The highest BCUT2D eigenvalue weighted by atomic mass is 35.5. The lowest BCUT2D eigenvalue weighted by Crippen LogP contribution is -2.26. The van der Waals surface area contributed by atoms with Gasteiger partial charge in [0, 0.05) is 38.7 Å². The first-order valence-corrected chi connectivity index (χ1v) is 10.8. The third kappa shape index (κ3) is 4.75. The van der Waals surface area contributed by atoms with E-state index in [0.717, 1.165) is 4.57 Å². The molecular weight excluding hydrogens is 514 g/mol. The summed E-state index contributed by atoms with van der Waals surface area (Å²) in [6.07, 6.45) is -3.62. The van der Waals surface area contributed by atoms with E-state index in [-0.39, 0.29) is 33.3 Å². The SMILES string of the molecule is O=C(Nc1ccccn1)C(=O)c1c(C(F)(F)F)n(Cc2ccc(Cl)cc2Cl)c2ccc(Cl)cc12. The molecule has 4 aromatic rings. The molecule has 0 bridgehead atoms. The Morgan fingerprint density at radius 1 is 0.971 bits per heavy atom. The number of Topliss-reactive ketones (excluding diaryl/α,β-unsaturated/α-hetero) is 1. The number of nitrogens with one attached hydrogen (secondary N) is 1. The molecule has 4 rings (SSSR count). The minimum atomic E-state index is -4.99. The first kappa shape index (κ1) is 24.1. The van der Waals surface area contributed by atoms with Crippen LogP contribution in [0.5, 0.6) is 0 Å². The number of aromatic nitrogens is 2. The van der Waals surface area contributed by atoms with Gasteiger partial charge in [-0.25, -0.2) is 4.98 Å². The summed E-state index contributed by atoms with van der Waals surface area (Å²) in [5.41, 5.74) is -1.72. The molecule has 34 heavy (non-hydrogen) atoms. The van der Waals surface area contributed by atoms with Crippen LogP contribution >= 0.6 is 34.8 Å². The summed E-state index contributed by atoms with van der Waals surface area (Å²) in [6.45, 7) is -0.335. The minimum Gasteiger partial charge on any atom is -0.332 e. The van der Waals surface area contributed by atoms with Crippen LogP contribution in [0.2, 0.25) is 15.1 Å². The van der Waals surface area contributed by atoms with Crippen molar-refractivity contribution in [3.8, 4) is 0 Å². The third-order valence-electron chi connectivity index (χ3n) is 4.98. The molecule has 1 amide bonds. The topological polar surface area (TPSA) is 64.0 Å². The molecule has 2 aromatic carbocycles. The van der Waals surface area contributed by atoms with E-state index in [1.165, 1.54) is 48.7 Å². The van der Waals surface area contributed by atoms with Crippen molar-refractivity contribution in [3.05, 3.63) is 92.7 Å². The van der Waals surface area contributed by atoms with Crippen LogP contribution < -0.4 is 5.32 Å². The van der Waals surface area contributed by atoms with E-state index in [1.807, 2.05) is 0 Å². The lowest BCUT2D eigenvalue weighted by molar-refractivity contribution is -0.143. The van der Waals surface area contributed by atoms with Gasteiger partial charge in [0.05, 0.1) is 5.56 Å². The molecule has 0 aliphatic carbocycles. The standard InChI is InChI=1S/C23H13Cl3F3N3O2/c24-13-6-7-17-15(9-13)19(20(33)22(34)31-18-3-1-2-8-30-18)21(23(27,28)29)32(17)11-12-4-5-14(25)10-16(12)26/h1-10H,11H2,(H,30,31,34). The number of carbonyl (C=O) groups excluding carboxylic acids is 2. The molecule has 2 aromatic heterocycles. The van der Waals surface area contributed by atoms with Gasteiger partial charge in [-0.05, 0) is 48.0 Å². The summed E-state index contributed by atoms with van der Waals surface area (Å²) >= 11 is 18.1.